The van der Waals surface area contributed by atoms with Gasteiger partial charge in [0.1, 0.15) is 0 Å². The first-order valence-electron chi connectivity index (χ1n) is 5.76. The van der Waals surface area contributed by atoms with Crippen LogP contribution in [-0.2, 0) is 11.4 Å². The Morgan fingerprint density at radius 3 is 2.33 bits per heavy atom. The number of amides is 1. The molecule has 0 atom stereocenters. The molecule has 21 heavy (non-hydrogen) atoms. The fraction of sp³-hybridized carbons (Fsp3) is 0.364. The van der Waals surface area contributed by atoms with Gasteiger partial charge in [-0.05, 0) is 12.5 Å². The highest BCUT2D eigenvalue weighted by molar-refractivity contribution is 5.85. The van der Waals surface area contributed by atoms with E-state index in [9.17, 15) is 30.1 Å². The number of nitro groups is 2. The topological polar surface area (TPSA) is 153 Å². The summed E-state index contributed by atoms with van der Waals surface area (Å²) in [6.45, 7) is 0.377. The first kappa shape index (κ1) is 16.3. The van der Waals surface area contributed by atoms with Crippen LogP contribution in [0.15, 0.2) is 6.07 Å². The summed E-state index contributed by atoms with van der Waals surface area (Å²) in [6, 6.07) is 1.05. The zero-order chi connectivity index (χ0) is 16.3. The Kier molecular flexibility index (Phi) is 4.76. The van der Waals surface area contributed by atoms with Gasteiger partial charge in [0, 0.05) is 18.7 Å². The maximum Gasteiger partial charge on any atom is 0.302 e. The Morgan fingerprint density at radius 1 is 1.38 bits per heavy atom. The van der Waals surface area contributed by atoms with Crippen molar-refractivity contribution >= 4 is 23.0 Å². The second-order valence-corrected chi connectivity index (χ2v) is 4.37. The molecule has 0 aliphatic heterocycles. The lowest BCUT2D eigenvalue weighted by Crippen LogP contribution is -2.31. The van der Waals surface area contributed by atoms with Crippen molar-refractivity contribution in [2.24, 2.45) is 5.73 Å². The number of hydrogen-bond donors (Lipinski definition) is 2. The van der Waals surface area contributed by atoms with E-state index in [0.717, 1.165) is 11.0 Å². The van der Waals surface area contributed by atoms with Crippen LogP contribution < -0.4 is 10.6 Å². The maximum absolute atomic E-state index is 11.2. The number of primary amides is 1. The van der Waals surface area contributed by atoms with Gasteiger partial charge >= 0.3 is 5.69 Å². The average Bonchev–Trinajstić information content (AvgIpc) is 2.36. The van der Waals surface area contributed by atoms with Crippen LogP contribution in [0.5, 0.6) is 0 Å². The summed E-state index contributed by atoms with van der Waals surface area (Å²) in [6.07, 6.45) is 0. The van der Waals surface area contributed by atoms with Gasteiger partial charge in [-0.2, -0.15) is 0 Å². The molecular formula is C11H14N4O6. The molecule has 1 rings (SSSR count). The van der Waals surface area contributed by atoms with Crippen LogP contribution in [-0.4, -0.2) is 34.5 Å². The normalized spacial score (nSPS) is 10.2. The second kappa shape index (κ2) is 6.13. The molecule has 0 fully saturated rings. The van der Waals surface area contributed by atoms with E-state index < -0.39 is 40.3 Å². The molecule has 10 heteroatoms. The standard InChI is InChI=1S/C11H14N4O6/c1-6-7(5-16)3-8(14(18)19)11(10(6)15(20)21)13(2)4-9(12)17/h3,16H,4-5H2,1-2H3,(H2,12,17). The Bertz CT molecular complexity index is 615. The summed E-state index contributed by atoms with van der Waals surface area (Å²) in [7, 11) is 1.29. The van der Waals surface area contributed by atoms with E-state index in [1.54, 1.807) is 0 Å². The molecule has 0 aliphatic carbocycles. The minimum absolute atomic E-state index is 0.0737. The van der Waals surface area contributed by atoms with E-state index >= 15 is 0 Å². The number of hydrogen-bond acceptors (Lipinski definition) is 7. The molecule has 0 bridgehead atoms. The summed E-state index contributed by atoms with van der Waals surface area (Å²) in [4.78, 5) is 32.8. The number of nitrogens with two attached hydrogens (primary N) is 1. The van der Waals surface area contributed by atoms with Gasteiger partial charge in [0.25, 0.3) is 5.69 Å². The van der Waals surface area contributed by atoms with Crippen molar-refractivity contribution in [3.8, 4) is 0 Å². The highest BCUT2D eigenvalue weighted by Gasteiger charge is 2.32. The van der Waals surface area contributed by atoms with Gasteiger partial charge < -0.3 is 15.7 Å². The van der Waals surface area contributed by atoms with Gasteiger partial charge in [0.2, 0.25) is 5.91 Å². The lowest BCUT2D eigenvalue weighted by molar-refractivity contribution is -0.393. The number of aliphatic hydroxyl groups excluding tert-OH is 1. The van der Waals surface area contributed by atoms with Gasteiger partial charge in [0.05, 0.1) is 23.0 Å². The molecular weight excluding hydrogens is 284 g/mol. The summed E-state index contributed by atoms with van der Waals surface area (Å²) in [5.74, 6) is -0.787. The number of anilines is 1. The minimum atomic E-state index is -0.807. The highest BCUT2D eigenvalue weighted by atomic mass is 16.6. The largest absolute Gasteiger partial charge is 0.392 e. The molecule has 114 valence electrons. The fourth-order valence-corrected chi connectivity index (χ4v) is 2.01. The number of rotatable bonds is 6. The Balaban J connectivity index is 3.71. The zero-order valence-corrected chi connectivity index (χ0v) is 11.4. The predicted molar refractivity (Wildman–Crippen MR) is 72.9 cm³/mol. The summed E-state index contributed by atoms with van der Waals surface area (Å²) in [5.41, 5.74) is 3.77. The maximum atomic E-state index is 11.2. The van der Waals surface area contributed by atoms with Crippen molar-refractivity contribution in [2.75, 3.05) is 18.5 Å². The summed E-state index contributed by atoms with van der Waals surface area (Å²) >= 11 is 0. The molecule has 0 saturated heterocycles. The third kappa shape index (κ3) is 3.23. The first-order chi connectivity index (χ1) is 9.70. The van der Waals surface area contributed by atoms with Crippen LogP contribution in [0.2, 0.25) is 0 Å². The van der Waals surface area contributed by atoms with Gasteiger partial charge in [0.15, 0.2) is 5.69 Å². The van der Waals surface area contributed by atoms with Gasteiger partial charge in [-0.3, -0.25) is 25.0 Å². The molecule has 0 aliphatic rings. The zero-order valence-electron chi connectivity index (χ0n) is 11.4. The van der Waals surface area contributed by atoms with Crippen molar-refractivity contribution in [3.05, 3.63) is 37.4 Å². The Labute approximate surface area is 119 Å². The third-order valence-corrected chi connectivity index (χ3v) is 2.94. The van der Waals surface area contributed by atoms with Crippen molar-refractivity contribution in [1.82, 2.24) is 0 Å². The molecule has 1 amide bonds. The summed E-state index contributed by atoms with van der Waals surface area (Å²) in [5, 5.41) is 31.5. The number of nitrogens with zero attached hydrogens (tertiary/aromatic N) is 3. The highest BCUT2D eigenvalue weighted by Crippen LogP contribution is 2.41. The molecule has 0 heterocycles. The number of benzene rings is 1. The monoisotopic (exact) mass is 298 g/mol. The van der Waals surface area contributed by atoms with E-state index in [0.29, 0.717) is 0 Å². The molecule has 0 aromatic heterocycles. The van der Waals surface area contributed by atoms with Crippen molar-refractivity contribution in [3.63, 3.8) is 0 Å². The van der Waals surface area contributed by atoms with Crippen LogP contribution in [0, 0.1) is 27.2 Å². The molecule has 0 spiro atoms. The molecule has 1 aromatic carbocycles. The number of carbonyl (C=O) groups excluding carboxylic acids is 1. The smallest absolute Gasteiger partial charge is 0.302 e. The van der Waals surface area contributed by atoms with Crippen molar-refractivity contribution in [2.45, 2.75) is 13.5 Å². The Hall–Kier alpha value is -2.75. The van der Waals surface area contributed by atoms with Crippen LogP contribution in [0.25, 0.3) is 0 Å². The van der Waals surface area contributed by atoms with Gasteiger partial charge in [-0.15, -0.1) is 0 Å². The van der Waals surface area contributed by atoms with Gasteiger partial charge in [-0.25, -0.2) is 0 Å². The first-order valence-corrected chi connectivity index (χ1v) is 5.76. The van der Waals surface area contributed by atoms with Crippen LogP contribution in [0.1, 0.15) is 11.1 Å². The molecule has 1 aromatic rings. The van der Waals surface area contributed by atoms with Crippen molar-refractivity contribution < 1.29 is 19.7 Å². The van der Waals surface area contributed by atoms with Gasteiger partial charge in [-0.1, -0.05) is 0 Å². The van der Waals surface area contributed by atoms with Crippen LogP contribution >= 0.6 is 0 Å². The summed E-state index contributed by atoms with van der Waals surface area (Å²) < 4.78 is 0. The second-order valence-electron chi connectivity index (χ2n) is 4.37. The van der Waals surface area contributed by atoms with E-state index in [2.05, 4.69) is 0 Å². The minimum Gasteiger partial charge on any atom is -0.392 e. The molecule has 0 saturated carbocycles. The quantitative estimate of drug-likeness (QED) is 0.562. The van der Waals surface area contributed by atoms with E-state index in [1.165, 1.54) is 14.0 Å². The fourth-order valence-electron chi connectivity index (χ4n) is 2.01. The van der Waals surface area contributed by atoms with E-state index in [1.807, 2.05) is 0 Å². The van der Waals surface area contributed by atoms with Crippen LogP contribution in [0.4, 0.5) is 17.1 Å². The molecule has 10 nitrogen and oxygen atoms in total. The SMILES string of the molecule is Cc1c(CO)cc([N+](=O)[O-])c(N(C)CC(N)=O)c1[N+](=O)[O-]. The lowest BCUT2D eigenvalue weighted by atomic mass is 10.0. The molecule has 0 unspecified atom stereocenters. The lowest BCUT2D eigenvalue weighted by Gasteiger charge is -2.19. The molecule has 3 N–H and O–H groups in total. The Morgan fingerprint density at radius 2 is 1.95 bits per heavy atom. The predicted octanol–water partition coefficient (Wildman–Crippen LogP) is 0.225. The number of nitro benzene ring substituents is 2. The van der Waals surface area contributed by atoms with Crippen LogP contribution in [0.3, 0.4) is 0 Å². The molecule has 0 radical (unpaired) electrons. The number of aliphatic hydroxyl groups is 1. The number of carbonyl (C=O) groups is 1. The van der Waals surface area contributed by atoms with E-state index in [4.69, 9.17) is 5.73 Å². The third-order valence-electron chi connectivity index (χ3n) is 2.94. The van der Waals surface area contributed by atoms with E-state index in [-0.39, 0.29) is 16.8 Å². The van der Waals surface area contributed by atoms with Crippen molar-refractivity contribution in [1.29, 1.82) is 0 Å². The average molecular weight is 298 g/mol. The number of likely N-dealkylation sites (N-methyl/N-ethyl adjacent to an activating group) is 1.